The van der Waals surface area contributed by atoms with Crippen molar-refractivity contribution in [2.24, 2.45) is 63.2 Å². The SMILES string of the molecule is CC(C)[C@@H](NC(=O)CCCCCN1C(=O)C=C(C2C3=C2C(=O)N(CCCCCC(=O)N[C@@H](C(=O)C[C@H](CCCNC(N)=O)C(=O)Nc2ccc(C[n+]4cnc(N[C@H]5CCc6ccccc65)c5ccn([C@@H]6C[C@@H](COS(N)(=O)=O)[C@@H](O)C6)c54)cc2)C(C)C)C3=O)C1=O)C(=O)C[C@H](CCCNC(N)=O)C(=O)Nc1ccc(C[n+]2cnc(N[C@H]3CCc4ccccc43)c3ccn([C@@H]4C[C@@H](COS(N)(=O)=O)[C@@H](O)C4)c32)cc1.[I-].[I-]. The van der Waals surface area contributed by atoms with Gasteiger partial charge < -0.3 is 112 Å². The lowest BCUT2D eigenvalue weighted by Crippen LogP contribution is -3.00. The molecule has 18 N–H and O–H groups in total. The van der Waals surface area contributed by atoms with Crippen molar-refractivity contribution in [3.63, 3.8) is 0 Å². The largest absolute Gasteiger partial charge is 1.00 e. The zero-order chi connectivity index (χ0) is 102. The maximum Gasteiger partial charge on any atom is 0.333 e. The minimum Gasteiger partial charge on any atom is -1.00 e. The molecule has 0 bridgehead atoms. The number of carbonyl (C=O) groups excluding carboxylic acids is 12. The van der Waals surface area contributed by atoms with Crippen LogP contribution in [0.25, 0.3) is 22.1 Å². The maximum absolute atomic E-state index is 14.3. The summed E-state index contributed by atoms with van der Waals surface area (Å²) in [5.74, 6) is -8.07. The lowest BCUT2D eigenvalue weighted by Gasteiger charge is -2.24. The summed E-state index contributed by atoms with van der Waals surface area (Å²) in [6.07, 6.45) is 14.4. The minimum atomic E-state index is -4.24. The Bertz CT molecular complexity index is 6450. The second kappa shape index (κ2) is 49.2. The Labute approximate surface area is 875 Å². The van der Waals surface area contributed by atoms with Crippen molar-refractivity contribution < 1.29 is 150 Å². The van der Waals surface area contributed by atoms with E-state index in [9.17, 15) is 84.6 Å². The molecule has 12 amide bonds. The van der Waals surface area contributed by atoms with Crippen molar-refractivity contribution in [1.29, 1.82) is 0 Å². The van der Waals surface area contributed by atoms with E-state index in [4.69, 9.17) is 40.1 Å². The highest BCUT2D eigenvalue weighted by atomic mass is 127. The number of unbranched alkanes of at least 4 members (excludes halogenated alkanes) is 4. The van der Waals surface area contributed by atoms with Gasteiger partial charge in [-0.25, -0.2) is 29.0 Å². The number of likely N-dealkylation sites (tertiary alicyclic amines) is 1. The number of fused-ring (bicyclic) bond motifs is 4. The van der Waals surface area contributed by atoms with Gasteiger partial charge in [0.15, 0.2) is 11.6 Å². The monoisotopic (exact) mass is 2260 g/mol. The molecule has 12 atom stereocenters. The second-order valence-electron chi connectivity index (χ2n) is 39.3. The third-order valence-electron chi connectivity index (χ3n) is 28.5. The molecule has 778 valence electrons. The number of hydrogen-bond acceptors (Lipinski definition) is 24. The molecule has 2 aliphatic heterocycles. The van der Waals surface area contributed by atoms with Crippen LogP contribution in [0.15, 0.2) is 157 Å². The van der Waals surface area contributed by atoms with Crippen LogP contribution in [0, 0.1) is 41.4 Å². The number of benzene rings is 4. The number of nitrogens with one attached hydrogen (secondary N) is 8. The lowest BCUT2D eigenvalue weighted by atomic mass is 9.89. The summed E-state index contributed by atoms with van der Waals surface area (Å²) in [6.45, 7) is 7.51. The number of nitrogens with two attached hydrogens (primary N) is 4. The Kier molecular flexibility index (Phi) is 37.6. The van der Waals surface area contributed by atoms with Gasteiger partial charge in [-0.15, -0.1) is 0 Å². The van der Waals surface area contributed by atoms with Crippen LogP contribution in [0.1, 0.15) is 214 Å². The first-order valence-electron chi connectivity index (χ1n) is 49.2. The number of aryl methyl sites for hydroxylation is 2. The molecule has 0 radical (unpaired) electrons. The fourth-order valence-electron chi connectivity index (χ4n) is 21.0. The smallest absolute Gasteiger partial charge is 0.333 e. The normalized spacial score (nSPS) is 19.9. The van der Waals surface area contributed by atoms with Crippen molar-refractivity contribution in [3.8, 4) is 0 Å². The number of rotatable bonds is 51. The number of aliphatic hydroxyl groups excluding tert-OH is 2. The third-order valence-corrected chi connectivity index (χ3v) is 29.4. The number of urea groups is 2. The van der Waals surface area contributed by atoms with Crippen LogP contribution in [-0.2, 0) is 103 Å². The number of amides is 12. The summed E-state index contributed by atoms with van der Waals surface area (Å²) in [5.41, 5.74) is 20.1. The van der Waals surface area contributed by atoms with Gasteiger partial charge in [-0.1, -0.05) is 123 Å². The van der Waals surface area contributed by atoms with E-state index in [1.807, 2.05) is 82.2 Å². The van der Waals surface area contributed by atoms with E-state index in [0.717, 1.165) is 74.8 Å². The maximum atomic E-state index is 14.3. The van der Waals surface area contributed by atoms with Crippen molar-refractivity contribution in [2.45, 2.75) is 231 Å². The first kappa shape index (κ1) is 111. The second-order valence-corrected chi connectivity index (χ2v) is 41.7. The molecule has 44 heteroatoms. The van der Waals surface area contributed by atoms with E-state index in [-0.39, 0.29) is 190 Å². The molecular weight excluding hydrogens is 2130 g/mol. The number of ketones is 2. The molecule has 5 aliphatic carbocycles. The number of nitrogens with zero attached hydrogens (tertiary/aromatic N) is 8. The standard InChI is InChI=1S/C101H126N20O20S2.2HI/c1-58(2)89(81(124)47-64(19-15-39-106-100(102)134)93(129)110-68-31-25-60(26-32-68)52-116-56-108-91(112-77-35-29-62-17-9-11-21-72(62)77)74-37-43-118(95(74)116)70-45-66(79(122)49-70)54-140-142(104,136)137)114-83(126)23-7-5-13-41-120-85(128)51-76(97(120)131)86-87-88(86)99(133)121(98(87)132)42-14-6-8-24-84(127)115-90(59(3)4)82(125)48-65(20-16-40-107-101(103)135)94(130)111-69-33-27-61(28-34-69)53-117-57-109-92(113-78-36-30-63-18-10-12-22-73(63)78)75-38-44-119(96(75)117)71-46-67(80(123)50-71)55-141-143(105,138)139;;/h9-12,17-18,21-22,25-28,31-34,37-38,43-44,51,56-59,64-67,70-71,77-80,86,89-90,122-123H,5-8,13-16,19-20,23-24,29-30,35-36,39-42,45-50,52-55H2,1-4H3,(H14,102,103,104,105,106,107,110,111,114,115,126,127,129,130,134,135,136,137,138,139);2*1H/t64-,65-,66-,67-,70+,71+,77-,78-,79-,80-,89+,90+;;/m0../s1. The van der Waals surface area contributed by atoms with Crippen molar-refractivity contribution in [2.75, 3.05) is 60.7 Å². The highest BCUT2D eigenvalue weighted by Crippen LogP contribution is 2.53. The minimum absolute atomic E-state index is 0. The fraction of sp³-hybridized carbons (Fsp3) is 0.485. The number of primary amides is 2. The molecule has 4 aromatic carbocycles. The van der Waals surface area contributed by atoms with Gasteiger partial charge in [0.25, 0.3) is 23.6 Å². The Hall–Kier alpha value is -11.6. The molecule has 2 saturated carbocycles. The van der Waals surface area contributed by atoms with E-state index >= 15 is 0 Å². The molecule has 15 rings (SSSR count). The van der Waals surface area contributed by atoms with Crippen molar-refractivity contribution in [1.82, 2.24) is 50.2 Å². The Morgan fingerprint density at radius 1 is 0.510 bits per heavy atom. The third kappa shape index (κ3) is 27.8. The average molecular weight is 2260 g/mol. The number of Topliss-reactive ketones (excluding diaryl/α,β-unsaturated/α-hetero) is 2. The predicted octanol–water partition coefficient (Wildman–Crippen LogP) is 0.946. The molecule has 8 aromatic rings. The quantitative estimate of drug-likeness (QED) is 0.0109. The topological polar surface area (TPSA) is 582 Å². The first-order valence-corrected chi connectivity index (χ1v) is 52.2. The molecule has 4 aromatic heterocycles. The van der Waals surface area contributed by atoms with Crippen LogP contribution in [0.3, 0.4) is 0 Å². The summed E-state index contributed by atoms with van der Waals surface area (Å²) >= 11 is 0. The fourth-order valence-corrected chi connectivity index (χ4v) is 21.7. The number of aliphatic hydroxyl groups is 2. The summed E-state index contributed by atoms with van der Waals surface area (Å²) < 4.78 is 64.9. The molecule has 6 heterocycles. The Morgan fingerprint density at radius 2 is 0.917 bits per heavy atom. The van der Waals surface area contributed by atoms with E-state index in [1.165, 1.54) is 22.3 Å². The number of aromatic nitrogens is 6. The van der Waals surface area contributed by atoms with Crippen LogP contribution >= 0.6 is 0 Å². The van der Waals surface area contributed by atoms with Crippen LogP contribution in [0.5, 0.6) is 0 Å². The van der Waals surface area contributed by atoms with Gasteiger partial charge in [0.2, 0.25) is 59.2 Å². The van der Waals surface area contributed by atoms with Crippen molar-refractivity contribution in [3.05, 3.63) is 190 Å². The predicted molar refractivity (Wildman–Crippen MR) is 526 cm³/mol. The molecule has 7 aliphatic rings. The molecule has 0 saturated heterocycles. The van der Waals surface area contributed by atoms with Crippen LogP contribution < -0.4 is 121 Å². The molecule has 2 fully saturated rings. The number of imide groups is 2. The Morgan fingerprint density at radius 3 is 1.32 bits per heavy atom. The van der Waals surface area contributed by atoms with Gasteiger partial charge in [-0.3, -0.25) is 75.2 Å². The van der Waals surface area contributed by atoms with Crippen LogP contribution in [0.4, 0.5) is 32.6 Å². The van der Waals surface area contributed by atoms with Gasteiger partial charge in [0.05, 0.1) is 93.1 Å². The zero-order valence-electron chi connectivity index (χ0n) is 81.4. The number of carbonyl (C=O) groups is 12. The van der Waals surface area contributed by atoms with E-state index < -0.39 is 134 Å². The van der Waals surface area contributed by atoms with Crippen LogP contribution in [0.2, 0.25) is 0 Å². The highest BCUT2D eigenvalue weighted by Gasteiger charge is 2.59. The Balaban J connectivity index is 0.00000880. The summed E-state index contributed by atoms with van der Waals surface area (Å²) in [6, 6.07) is 31.1. The average Bonchev–Trinajstić information content (AvgIpc) is 1.53. The van der Waals surface area contributed by atoms with Gasteiger partial charge >= 0.3 is 32.7 Å². The van der Waals surface area contributed by atoms with E-state index in [0.29, 0.717) is 113 Å². The van der Waals surface area contributed by atoms with Crippen LogP contribution in [-0.4, -0.2) is 191 Å². The number of hydrogen-bond donors (Lipinski definition) is 14. The summed E-state index contributed by atoms with van der Waals surface area (Å²) in [7, 11) is -8.47. The molecule has 40 nitrogen and oxygen atoms in total. The van der Waals surface area contributed by atoms with Gasteiger partial charge in [0, 0.05) is 123 Å². The number of halogens is 2. The number of piperidine rings is 1. The zero-order valence-corrected chi connectivity index (χ0v) is 87.3. The highest BCUT2D eigenvalue weighted by molar-refractivity contribution is 7.84. The van der Waals surface area contributed by atoms with Crippen molar-refractivity contribution >= 4 is 137 Å². The van der Waals surface area contributed by atoms with Gasteiger partial charge in [-0.2, -0.15) is 16.8 Å². The molecule has 0 spiro atoms. The number of anilines is 4. The van der Waals surface area contributed by atoms with Gasteiger partial charge in [0.1, 0.15) is 10.8 Å². The molecular formula is C101H128I2N20O20S2. The van der Waals surface area contributed by atoms with E-state index in [2.05, 4.69) is 75.9 Å². The summed E-state index contributed by atoms with van der Waals surface area (Å²) in [4.78, 5) is 174. The summed E-state index contributed by atoms with van der Waals surface area (Å²) in [5, 5.41) is 58.3. The molecule has 145 heavy (non-hydrogen) atoms. The molecule has 0 unspecified atom stereocenters. The van der Waals surface area contributed by atoms with Gasteiger partial charge in [-0.05, 0) is 172 Å². The van der Waals surface area contributed by atoms with E-state index in [1.54, 1.807) is 64.6 Å². The first-order chi connectivity index (χ1) is 68.4. The lowest BCUT2D eigenvalue weighted by molar-refractivity contribution is -0.668.